The second-order valence-corrected chi connectivity index (χ2v) is 5.94. The molecule has 3 rings (SSSR count). The molecule has 4 nitrogen and oxygen atoms in total. The molecule has 1 amide bonds. The average Bonchev–Trinajstić information content (AvgIpc) is 2.96. The number of imidazole rings is 1. The van der Waals surface area contributed by atoms with Gasteiger partial charge in [-0.3, -0.25) is 10.1 Å². The molecule has 94 valence electrons. The van der Waals surface area contributed by atoms with E-state index in [1.807, 2.05) is 6.07 Å². The standard InChI is InChI=1S/C13H15N3OS/c1-8-2-3-10-9(6-8)7-11(18-10)12(17)16-13-14-4-5-15-13/h4-5,7-8H,2-3,6H2,1H3,(H2,14,15,16,17). The summed E-state index contributed by atoms with van der Waals surface area (Å²) in [4.78, 5) is 21.1. The third-order valence-corrected chi connectivity index (χ3v) is 4.52. The highest BCUT2D eigenvalue weighted by Gasteiger charge is 2.20. The first kappa shape index (κ1) is 11.5. The molecule has 0 spiro atoms. The summed E-state index contributed by atoms with van der Waals surface area (Å²) in [7, 11) is 0. The zero-order chi connectivity index (χ0) is 12.5. The van der Waals surface area contributed by atoms with Crippen molar-refractivity contribution in [3.63, 3.8) is 0 Å². The molecular weight excluding hydrogens is 246 g/mol. The fourth-order valence-corrected chi connectivity index (χ4v) is 3.42. The second kappa shape index (κ2) is 4.57. The number of nitrogens with one attached hydrogen (secondary N) is 2. The fraction of sp³-hybridized carbons (Fsp3) is 0.385. The van der Waals surface area contributed by atoms with E-state index in [0.29, 0.717) is 5.95 Å². The van der Waals surface area contributed by atoms with Crippen molar-refractivity contribution in [2.75, 3.05) is 5.32 Å². The normalized spacial score (nSPS) is 18.4. The number of fused-ring (bicyclic) bond motifs is 1. The Labute approximate surface area is 109 Å². The molecule has 1 unspecified atom stereocenters. The summed E-state index contributed by atoms with van der Waals surface area (Å²) in [5.74, 6) is 1.16. The van der Waals surface area contributed by atoms with E-state index in [9.17, 15) is 4.79 Å². The van der Waals surface area contributed by atoms with Gasteiger partial charge in [0.1, 0.15) is 0 Å². The zero-order valence-corrected chi connectivity index (χ0v) is 11.0. The smallest absolute Gasteiger partial charge is 0.268 e. The van der Waals surface area contributed by atoms with Gasteiger partial charge >= 0.3 is 0 Å². The van der Waals surface area contributed by atoms with Crippen molar-refractivity contribution < 1.29 is 4.79 Å². The van der Waals surface area contributed by atoms with E-state index < -0.39 is 0 Å². The van der Waals surface area contributed by atoms with Crippen LogP contribution in [0.1, 0.15) is 33.5 Å². The Morgan fingerprint density at radius 1 is 1.61 bits per heavy atom. The lowest BCUT2D eigenvalue weighted by Crippen LogP contribution is -2.11. The van der Waals surface area contributed by atoms with Crippen molar-refractivity contribution in [2.24, 2.45) is 5.92 Å². The van der Waals surface area contributed by atoms with Crippen LogP contribution in [-0.4, -0.2) is 15.9 Å². The highest BCUT2D eigenvalue weighted by atomic mass is 32.1. The van der Waals surface area contributed by atoms with Crippen LogP contribution >= 0.6 is 11.3 Å². The van der Waals surface area contributed by atoms with Crippen molar-refractivity contribution in [1.29, 1.82) is 0 Å². The van der Waals surface area contributed by atoms with Gasteiger partial charge in [-0.05, 0) is 36.8 Å². The van der Waals surface area contributed by atoms with Gasteiger partial charge in [-0.25, -0.2) is 4.98 Å². The lowest BCUT2D eigenvalue weighted by Gasteiger charge is -2.16. The van der Waals surface area contributed by atoms with Crippen LogP contribution in [0, 0.1) is 5.92 Å². The summed E-state index contributed by atoms with van der Waals surface area (Å²) in [6, 6.07) is 2.04. The summed E-state index contributed by atoms with van der Waals surface area (Å²) in [6.07, 6.45) is 6.75. The number of thiophene rings is 1. The van der Waals surface area contributed by atoms with Gasteiger partial charge in [0.25, 0.3) is 5.91 Å². The predicted octanol–water partition coefficient (Wildman–Crippen LogP) is 2.85. The van der Waals surface area contributed by atoms with E-state index in [0.717, 1.165) is 23.6 Å². The highest BCUT2D eigenvalue weighted by molar-refractivity contribution is 7.14. The van der Waals surface area contributed by atoms with E-state index in [2.05, 4.69) is 22.2 Å². The quantitative estimate of drug-likeness (QED) is 0.873. The van der Waals surface area contributed by atoms with Crippen molar-refractivity contribution in [2.45, 2.75) is 26.2 Å². The third kappa shape index (κ3) is 2.18. The Hall–Kier alpha value is -1.62. The molecule has 5 heteroatoms. The summed E-state index contributed by atoms with van der Waals surface area (Å²) < 4.78 is 0. The number of H-pyrrole nitrogens is 1. The van der Waals surface area contributed by atoms with Gasteiger partial charge in [0.15, 0.2) is 0 Å². The number of aromatic nitrogens is 2. The molecule has 2 N–H and O–H groups in total. The molecular formula is C13H15N3OS. The number of anilines is 1. The Bertz CT molecular complexity index is 559. The van der Waals surface area contributed by atoms with Crippen molar-refractivity contribution in [1.82, 2.24) is 9.97 Å². The van der Waals surface area contributed by atoms with Crippen LogP contribution in [0.15, 0.2) is 18.5 Å². The molecule has 0 aromatic carbocycles. The van der Waals surface area contributed by atoms with Crippen molar-refractivity contribution in [3.8, 4) is 0 Å². The number of nitrogens with zero attached hydrogens (tertiary/aromatic N) is 1. The van der Waals surface area contributed by atoms with E-state index in [1.54, 1.807) is 23.7 Å². The maximum absolute atomic E-state index is 12.1. The SMILES string of the molecule is CC1CCc2sc(C(=O)Nc3ncc[nH]3)cc2C1. The molecule has 18 heavy (non-hydrogen) atoms. The molecule has 0 radical (unpaired) electrons. The fourth-order valence-electron chi connectivity index (χ4n) is 2.32. The first-order chi connectivity index (χ1) is 8.72. The van der Waals surface area contributed by atoms with Crippen LogP contribution in [0.3, 0.4) is 0 Å². The van der Waals surface area contributed by atoms with Crippen LogP contribution in [0.4, 0.5) is 5.95 Å². The average molecular weight is 261 g/mol. The molecule has 2 aromatic rings. The minimum absolute atomic E-state index is 0.0722. The second-order valence-electron chi connectivity index (χ2n) is 4.80. The van der Waals surface area contributed by atoms with Gasteiger partial charge < -0.3 is 4.98 Å². The number of hydrogen-bond donors (Lipinski definition) is 2. The Kier molecular flexibility index (Phi) is 2.91. The summed E-state index contributed by atoms with van der Waals surface area (Å²) >= 11 is 1.61. The number of aryl methyl sites for hydroxylation is 1. The summed E-state index contributed by atoms with van der Waals surface area (Å²) in [6.45, 7) is 2.27. The molecule has 0 fully saturated rings. The molecule has 1 aliphatic rings. The first-order valence-corrected chi connectivity index (χ1v) is 6.96. The van der Waals surface area contributed by atoms with Gasteiger partial charge in [0, 0.05) is 17.3 Å². The van der Waals surface area contributed by atoms with Crippen molar-refractivity contribution in [3.05, 3.63) is 33.8 Å². The maximum atomic E-state index is 12.1. The Balaban J connectivity index is 1.78. The predicted molar refractivity (Wildman–Crippen MR) is 72.0 cm³/mol. The van der Waals surface area contributed by atoms with Crippen LogP contribution in [0.25, 0.3) is 0 Å². The van der Waals surface area contributed by atoms with Crippen molar-refractivity contribution >= 4 is 23.2 Å². The number of aromatic amines is 1. The largest absolute Gasteiger partial charge is 0.331 e. The Morgan fingerprint density at radius 2 is 2.50 bits per heavy atom. The van der Waals surface area contributed by atoms with E-state index in [-0.39, 0.29) is 5.91 Å². The topological polar surface area (TPSA) is 57.8 Å². The van der Waals surface area contributed by atoms with Crippen LogP contribution in [0.2, 0.25) is 0 Å². The lowest BCUT2D eigenvalue weighted by molar-refractivity contribution is 0.102. The van der Waals surface area contributed by atoms with Gasteiger partial charge in [-0.1, -0.05) is 6.92 Å². The zero-order valence-electron chi connectivity index (χ0n) is 10.2. The molecule has 1 aliphatic carbocycles. The number of amides is 1. The maximum Gasteiger partial charge on any atom is 0.268 e. The van der Waals surface area contributed by atoms with Gasteiger partial charge in [-0.2, -0.15) is 0 Å². The molecule has 0 saturated carbocycles. The number of rotatable bonds is 2. The van der Waals surface area contributed by atoms with Crippen LogP contribution in [-0.2, 0) is 12.8 Å². The van der Waals surface area contributed by atoms with Gasteiger partial charge in [-0.15, -0.1) is 11.3 Å². The third-order valence-electron chi connectivity index (χ3n) is 3.28. The van der Waals surface area contributed by atoms with Crippen LogP contribution < -0.4 is 5.32 Å². The molecule has 0 aliphatic heterocycles. The van der Waals surface area contributed by atoms with E-state index in [4.69, 9.17) is 0 Å². The highest BCUT2D eigenvalue weighted by Crippen LogP contribution is 2.32. The minimum Gasteiger partial charge on any atom is -0.331 e. The van der Waals surface area contributed by atoms with E-state index in [1.165, 1.54) is 16.9 Å². The number of carbonyl (C=O) groups excluding carboxylic acids is 1. The summed E-state index contributed by atoms with van der Waals surface area (Å²) in [5.41, 5.74) is 1.35. The molecule has 0 saturated heterocycles. The molecule has 2 heterocycles. The van der Waals surface area contributed by atoms with Crippen LogP contribution in [0.5, 0.6) is 0 Å². The lowest BCUT2D eigenvalue weighted by atomic mass is 9.90. The number of carbonyl (C=O) groups is 1. The summed E-state index contributed by atoms with van der Waals surface area (Å²) in [5, 5.41) is 2.76. The van der Waals surface area contributed by atoms with Gasteiger partial charge in [0.2, 0.25) is 5.95 Å². The molecule has 1 atom stereocenters. The Morgan fingerprint density at radius 3 is 3.28 bits per heavy atom. The molecule has 0 bridgehead atoms. The van der Waals surface area contributed by atoms with Gasteiger partial charge in [0.05, 0.1) is 4.88 Å². The minimum atomic E-state index is -0.0722. The monoisotopic (exact) mass is 261 g/mol. The van der Waals surface area contributed by atoms with E-state index >= 15 is 0 Å². The molecule has 2 aromatic heterocycles. The number of hydrogen-bond acceptors (Lipinski definition) is 3. The first-order valence-electron chi connectivity index (χ1n) is 6.14.